The maximum Gasteiger partial charge on any atom is 0.410 e. The summed E-state index contributed by atoms with van der Waals surface area (Å²) in [5.74, 6) is -2.76. The Hall–Kier alpha value is -4.70. The molecule has 4 aromatic rings. The van der Waals surface area contributed by atoms with E-state index in [-0.39, 0.29) is 82.7 Å². The van der Waals surface area contributed by atoms with Crippen molar-refractivity contribution in [3.8, 4) is 28.9 Å². The molecule has 4 saturated heterocycles. The molecule has 7 heterocycles. The Bertz CT molecular complexity index is 2210. The Kier molecular flexibility index (Phi) is 8.64. The first kappa shape index (κ1) is 36.0. The summed E-state index contributed by atoms with van der Waals surface area (Å²) in [6.07, 6.45) is 1.92. The third-order valence-corrected chi connectivity index (χ3v) is 11.6. The number of hydrogen-bond acceptors (Lipinski definition) is 11. The second kappa shape index (κ2) is 13.2. The van der Waals surface area contributed by atoms with Crippen LogP contribution in [0.4, 0.5) is 28.2 Å². The lowest BCUT2D eigenvalue weighted by Crippen LogP contribution is -2.63. The molecule has 0 saturated carbocycles. The van der Waals surface area contributed by atoms with Gasteiger partial charge in [-0.25, -0.2) is 27.3 Å². The molecular formula is C39H42F4N6O6. The topological polar surface area (TPSA) is 112 Å². The predicted molar refractivity (Wildman–Crippen MR) is 193 cm³/mol. The SMILES string of the molecule is COCOc1cc(-c2nc3c4c(nc(OC[C@@]56CCCN5C[C@H](F)C6)nc4c2F)N2C[C@H]4CC[C@@H]([C@@H]2CO3)N4C(=O)OC(C)(C)C)c2c(F)c(F)ccc2c1. The summed E-state index contributed by atoms with van der Waals surface area (Å²) >= 11 is 0. The van der Waals surface area contributed by atoms with Crippen LogP contribution in [0.15, 0.2) is 24.3 Å². The highest BCUT2D eigenvalue weighted by Gasteiger charge is 2.52. The van der Waals surface area contributed by atoms with Crippen LogP contribution in [0.2, 0.25) is 0 Å². The molecule has 0 spiro atoms. The number of piperazine rings is 1. The number of rotatable bonds is 7. The van der Waals surface area contributed by atoms with Crippen molar-refractivity contribution in [2.45, 2.75) is 88.3 Å². The Morgan fingerprint density at radius 3 is 2.65 bits per heavy atom. The number of ether oxygens (including phenoxy) is 5. The Labute approximate surface area is 314 Å². The van der Waals surface area contributed by atoms with Crippen LogP contribution in [0.1, 0.15) is 52.9 Å². The van der Waals surface area contributed by atoms with Gasteiger partial charge >= 0.3 is 12.1 Å². The lowest BCUT2D eigenvalue weighted by atomic mass is 9.95. The number of carbonyl (C=O) groups excluding carboxylic acids is 1. The molecule has 0 unspecified atom stereocenters. The number of fused-ring (bicyclic) bond motifs is 7. The zero-order chi connectivity index (χ0) is 38.4. The first-order chi connectivity index (χ1) is 26.3. The third kappa shape index (κ3) is 6.03. The molecule has 0 N–H and O–H groups in total. The molecular weight excluding hydrogens is 724 g/mol. The van der Waals surface area contributed by atoms with E-state index in [9.17, 15) is 13.6 Å². The second-order valence-corrected chi connectivity index (χ2v) is 16.2. The number of pyridine rings is 1. The van der Waals surface area contributed by atoms with Gasteiger partial charge in [-0.2, -0.15) is 9.97 Å². The third-order valence-electron chi connectivity index (χ3n) is 11.6. The largest absolute Gasteiger partial charge is 0.475 e. The van der Waals surface area contributed by atoms with E-state index in [1.165, 1.54) is 25.3 Å². The van der Waals surface area contributed by atoms with Gasteiger partial charge in [-0.15, -0.1) is 0 Å². The Balaban J connectivity index is 1.20. The number of nitrogens with zero attached hydrogens (tertiary/aromatic N) is 6. The van der Waals surface area contributed by atoms with E-state index in [2.05, 4.69) is 14.9 Å². The number of halogens is 4. The summed E-state index contributed by atoms with van der Waals surface area (Å²) in [5.41, 5.74) is -1.90. The van der Waals surface area contributed by atoms with Crippen LogP contribution in [0.5, 0.6) is 17.6 Å². The van der Waals surface area contributed by atoms with E-state index in [0.29, 0.717) is 38.2 Å². The molecule has 2 bridgehead atoms. The first-order valence-corrected chi connectivity index (χ1v) is 18.7. The fourth-order valence-corrected chi connectivity index (χ4v) is 9.32. The van der Waals surface area contributed by atoms with Crippen molar-refractivity contribution in [1.82, 2.24) is 24.8 Å². The van der Waals surface area contributed by atoms with E-state index < -0.39 is 46.9 Å². The number of anilines is 1. The van der Waals surface area contributed by atoms with Crippen LogP contribution < -0.4 is 19.1 Å². The zero-order valence-corrected chi connectivity index (χ0v) is 31.0. The van der Waals surface area contributed by atoms with Crippen LogP contribution >= 0.6 is 0 Å². The fourth-order valence-electron chi connectivity index (χ4n) is 9.32. The van der Waals surface area contributed by atoms with Crippen molar-refractivity contribution in [2.75, 3.05) is 51.7 Å². The summed E-state index contributed by atoms with van der Waals surface area (Å²) < 4.78 is 91.8. The minimum atomic E-state index is -1.19. The van der Waals surface area contributed by atoms with Gasteiger partial charge in [0.05, 0.1) is 23.7 Å². The first-order valence-electron chi connectivity index (χ1n) is 18.7. The normalized spacial score (nSPS) is 25.9. The number of benzene rings is 2. The van der Waals surface area contributed by atoms with Crippen molar-refractivity contribution in [1.29, 1.82) is 0 Å². The summed E-state index contributed by atoms with van der Waals surface area (Å²) in [6, 6.07) is 4.09. The molecule has 9 rings (SSSR count). The van der Waals surface area contributed by atoms with Crippen LogP contribution in [-0.4, -0.2) is 113 Å². The summed E-state index contributed by atoms with van der Waals surface area (Å²) in [5, 5.41) is 0.197. The highest BCUT2D eigenvalue weighted by atomic mass is 19.2. The number of hydrogen-bond donors (Lipinski definition) is 0. The molecule has 292 valence electrons. The van der Waals surface area contributed by atoms with E-state index in [4.69, 9.17) is 28.7 Å². The number of methoxy groups -OCH3 is 1. The van der Waals surface area contributed by atoms with Gasteiger partial charge in [0, 0.05) is 37.6 Å². The number of carbonyl (C=O) groups is 1. The molecule has 0 aliphatic carbocycles. The van der Waals surface area contributed by atoms with E-state index in [1.807, 2.05) is 25.7 Å². The standard InChI is InChI=1S/C39H42F4N6O6/c1-38(2,3)55-37(50)49-22-7-9-26(49)27-17-52-35-29-33(45-36(46-34(29)48(27)16-22)53-18-39-10-5-11-47(39)15-21(40)14-39)31(43)32(44-35)24-13-23(54-19-51-4)12-20-6-8-25(41)30(42)28(20)24/h6,8,12-13,21-22,26-27H,5,7,9-11,14-19H2,1-4H3/t21-,22-,26+,27+,39+/m1/s1. The minimum Gasteiger partial charge on any atom is -0.475 e. The van der Waals surface area contributed by atoms with Crippen LogP contribution in [0, 0.1) is 17.5 Å². The van der Waals surface area contributed by atoms with Crippen LogP contribution in [0.25, 0.3) is 32.9 Å². The molecule has 2 aromatic carbocycles. The average molecular weight is 767 g/mol. The van der Waals surface area contributed by atoms with Crippen molar-refractivity contribution in [3.63, 3.8) is 0 Å². The van der Waals surface area contributed by atoms with Gasteiger partial charge in [-0.1, -0.05) is 6.07 Å². The summed E-state index contributed by atoms with van der Waals surface area (Å²) in [6.45, 7) is 6.84. The maximum absolute atomic E-state index is 17.4. The fraction of sp³-hybridized carbons (Fsp3) is 0.538. The quantitative estimate of drug-likeness (QED) is 0.151. The van der Waals surface area contributed by atoms with Crippen molar-refractivity contribution >= 4 is 33.6 Å². The molecule has 12 nitrogen and oxygen atoms in total. The maximum atomic E-state index is 17.4. The van der Waals surface area contributed by atoms with Crippen molar-refractivity contribution in [2.24, 2.45) is 0 Å². The summed E-state index contributed by atoms with van der Waals surface area (Å²) in [4.78, 5) is 33.5. The molecule has 5 aliphatic rings. The van der Waals surface area contributed by atoms with E-state index >= 15 is 8.78 Å². The van der Waals surface area contributed by atoms with Crippen LogP contribution in [0.3, 0.4) is 0 Å². The molecule has 0 radical (unpaired) electrons. The monoisotopic (exact) mass is 766 g/mol. The van der Waals surface area contributed by atoms with E-state index in [1.54, 1.807) is 4.90 Å². The highest BCUT2D eigenvalue weighted by molar-refractivity contribution is 6.02. The van der Waals surface area contributed by atoms with Gasteiger partial charge in [0.15, 0.2) is 24.2 Å². The van der Waals surface area contributed by atoms with Gasteiger partial charge in [-0.05, 0) is 76.6 Å². The van der Waals surface area contributed by atoms with Crippen molar-refractivity contribution < 1.29 is 46.0 Å². The zero-order valence-electron chi connectivity index (χ0n) is 31.0. The van der Waals surface area contributed by atoms with Gasteiger partial charge < -0.3 is 28.6 Å². The molecule has 16 heteroatoms. The lowest BCUT2D eigenvalue weighted by molar-refractivity contribution is 0.00537. The average Bonchev–Trinajstić information content (AvgIpc) is 3.75. The summed E-state index contributed by atoms with van der Waals surface area (Å²) in [7, 11) is 1.43. The van der Waals surface area contributed by atoms with Gasteiger partial charge in [-0.3, -0.25) is 9.80 Å². The molecule has 5 aliphatic heterocycles. The van der Waals surface area contributed by atoms with Crippen LogP contribution in [-0.2, 0) is 9.47 Å². The lowest BCUT2D eigenvalue weighted by Gasteiger charge is -2.46. The molecule has 1 amide bonds. The minimum absolute atomic E-state index is 0.0214. The number of alkyl halides is 1. The Morgan fingerprint density at radius 2 is 1.85 bits per heavy atom. The Morgan fingerprint density at radius 1 is 1.02 bits per heavy atom. The van der Waals surface area contributed by atoms with Crippen molar-refractivity contribution in [3.05, 3.63) is 41.7 Å². The number of aromatic nitrogens is 3. The molecule has 4 fully saturated rings. The van der Waals surface area contributed by atoms with E-state index in [0.717, 1.165) is 25.5 Å². The smallest absolute Gasteiger partial charge is 0.410 e. The molecule has 2 aromatic heterocycles. The van der Waals surface area contributed by atoms with Gasteiger partial charge in [0.25, 0.3) is 0 Å². The predicted octanol–water partition coefficient (Wildman–Crippen LogP) is 6.55. The van der Waals surface area contributed by atoms with Gasteiger partial charge in [0.2, 0.25) is 5.88 Å². The highest BCUT2D eigenvalue weighted by Crippen LogP contribution is 2.47. The second-order valence-electron chi connectivity index (χ2n) is 16.2. The molecule has 55 heavy (non-hydrogen) atoms. The number of amides is 1. The molecule has 5 atom stereocenters. The van der Waals surface area contributed by atoms with Gasteiger partial charge in [0.1, 0.15) is 53.2 Å².